The second-order valence-electron chi connectivity index (χ2n) is 5.56. The van der Waals surface area contributed by atoms with Crippen LogP contribution >= 0.6 is 0 Å². The lowest BCUT2D eigenvalue weighted by Gasteiger charge is -2.25. The van der Waals surface area contributed by atoms with Crippen LogP contribution in [0, 0.1) is 20.8 Å². The van der Waals surface area contributed by atoms with Crippen molar-refractivity contribution in [2.45, 2.75) is 46.1 Å². The number of amides is 1. The Bertz CT molecular complexity index is 691. The summed E-state index contributed by atoms with van der Waals surface area (Å²) in [6, 6.07) is 1.76. The standard InChI is InChI=1S/C16H19N3O2/c1-9-7-12(10(2)21-9)16(20)19-15-6-4-5-14-13(15)8-17-11(3)18-14/h7-8,15H,4-6H2,1-3H3,(H,19,20)/t15-/m1/s1. The summed E-state index contributed by atoms with van der Waals surface area (Å²) in [4.78, 5) is 21.2. The van der Waals surface area contributed by atoms with Gasteiger partial charge in [0.05, 0.1) is 11.6 Å². The normalized spacial score (nSPS) is 17.4. The van der Waals surface area contributed by atoms with Gasteiger partial charge in [-0.1, -0.05) is 0 Å². The van der Waals surface area contributed by atoms with E-state index >= 15 is 0 Å². The van der Waals surface area contributed by atoms with Gasteiger partial charge in [0.25, 0.3) is 5.91 Å². The lowest BCUT2D eigenvalue weighted by molar-refractivity contribution is 0.0931. The SMILES string of the molecule is Cc1ncc2c(n1)CCC[C@H]2NC(=O)c1cc(C)oc1C. The lowest BCUT2D eigenvalue weighted by Crippen LogP contribution is -2.31. The van der Waals surface area contributed by atoms with Crippen molar-refractivity contribution in [3.8, 4) is 0 Å². The van der Waals surface area contributed by atoms with Gasteiger partial charge in [0.2, 0.25) is 0 Å². The van der Waals surface area contributed by atoms with Crippen molar-refractivity contribution < 1.29 is 9.21 Å². The Kier molecular flexibility index (Phi) is 3.49. The van der Waals surface area contributed by atoms with Crippen molar-refractivity contribution in [3.05, 3.63) is 46.4 Å². The number of carbonyl (C=O) groups is 1. The van der Waals surface area contributed by atoms with Gasteiger partial charge < -0.3 is 9.73 Å². The molecule has 0 aliphatic heterocycles. The Labute approximate surface area is 123 Å². The van der Waals surface area contributed by atoms with Gasteiger partial charge in [-0.15, -0.1) is 0 Å². The fourth-order valence-electron chi connectivity index (χ4n) is 2.89. The lowest BCUT2D eigenvalue weighted by atomic mass is 9.92. The number of hydrogen-bond donors (Lipinski definition) is 1. The number of furan rings is 1. The summed E-state index contributed by atoms with van der Waals surface area (Å²) >= 11 is 0. The van der Waals surface area contributed by atoms with E-state index in [0.717, 1.165) is 42.1 Å². The summed E-state index contributed by atoms with van der Waals surface area (Å²) in [6.07, 6.45) is 4.74. The van der Waals surface area contributed by atoms with Crippen molar-refractivity contribution in [2.24, 2.45) is 0 Å². The average Bonchev–Trinajstić information content (AvgIpc) is 2.77. The third-order valence-corrected chi connectivity index (χ3v) is 3.89. The molecule has 1 aliphatic rings. The van der Waals surface area contributed by atoms with Gasteiger partial charge >= 0.3 is 0 Å². The molecular formula is C16H19N3O2. The van der Waals surface area contributed by atoms with Crippen LogP contribution in [0.5, 0.6) is 0 Å². The van der Waals surface area contributed by atoms with E-state index in [2.05, 4.69) is 15.3 Å². The molecule has 0 saturated heterocycles. The number of nitrogens with zero attached hydrogens (tertiary/aromatic N) is 2. The van der Waals surface area contributed by atoms with Crippen LogP contribution in [0.1, 0.15) is 57.8 Å². The fourth-order valence-corrected chi connectivity index (χ4v) is 2.89. The minimum Gasteiger partial charge on any atom is -0.466 e. The van der Waals surface area contributed by atoms with Crippen LogP contribution in [-0.4, -0.2) is 15.9 Å². The van der Waals surface area contributed by atoms with Gasteiger partial charge in [-0.2, -0.15) is 0 Å². The number of fused-ring (bicyclic) bond motifs is 1. The minimum atomic E-state index is -0.0947. The minimum absolute atomic E-state index is 0.0172. The van der Waals surface area contributed by atoms with Crippen LogP contribution in [0.4, 0.5) is 0 Å². The molecule has 1 atom stereocenters. The Morgan fingerprint density at radius 1 is 1.38 bits per heavy atom. The van der Waals surface area contributed by atoms with E-state index in [4.69, 9.17) is 4.42 Å². The summed E-state index contributed by atoms with van der Waals surface area (Å²) in [6.45, 7) is 5.54. The highest BCUT2D eigenvalue weighted by molar-refractivity contribution is 5.95. The maximum atomic E-state index is 12.4. The van der Waals surface area contributed by atoms with E-state index in [9.17, 15) is 4.79 Å². The van der Waals surface area contributed by atoms with Crippen LogP contribution in [-0.2, 0) is 6.42 Å². The molecule has 5 heteroatoms. The molecule has 2 heterocycles. The van der Waals surface area contributed by atoms with Crippen LogP contribution < -0.4 is 5.32 Å². The molecule has 0 fully saturated rings. The van der Waals surface area contributed by atoms with Crippen molar-refractivity contribution >= 4 is 5.91 Å². The molecule has 21 heavy (non-hydrogen) atoms. The second kappa shape index (κ2) is 5.31. The first kappa shape index (κ1) is 13.8. The number of rotatable bonds is 2. The number of hydrogen-bond acceptors (Lipinski definition) is 4. The molecule has 0 spiro atoms. The molecule has 0 radical (unpaired) electrons. The second-order valence-corrected chi connectivity index (χ2v) is 5.56. The van der Waals surface area contributed by atoms with Gasteiger partial charge in [-0.25, -0.2) is 9.97 Å². The highest BCUT2D eigenvalue weighted by atomic mass is 16.3. The Morgan fingerprint density at radius 3 is 2.90 bits per heavy atom. The van der Waals surface area contributed by atoms with Crippen molar-refractivity contribution in [2.75, 3.05) is 0 Å². The fraction of sp³-hybridized carbons (Fsp3) is 0.438. The van der Waals surface area contributed by atoms with Crippen molar-refractivity contribution in [3.63, 3.8) is 0 Å². The molecule has 5 nitrogen and oxygen atoms in total. The quantitative estimate of drug-likeness (QED) is 0.921. The monoisotopic (exact) mass is 285 g/mol. The van der Waals surface area contributed by atoms with Gasteiger partial charge in [-0.3, -0.25) is 4.79 Å². The average molecular weight is 285 g/mol. The summed E-state index contributed by atoms with van der Waals surface area (Å²) < 4.78 is 5.42. The molecule has 2 aromatic rings. The van der Waals surface area contributed by atoms with E-state index in [1.807, 2.05) is 27.0 Å². The molecule has 0 bridgehead atoms. The molecule has 1 amide bonds. The number of nitrogens with one attached hydrogen (secondary N) is 1. The van der Waals surface area contributed by atoms with E-state index in [1.54, 1.807) is 6.07 Å². The van der Waals surface area contributed by atoms with Gasteiger partial charge in [0.1, 0.15) is 17.3 Å². The molecule has 0 aromatic carbocycles. The summed E-state index contributed by atoms with van der Waals surface area (Å²) in [5, 5.41) is 3.09. The Balaban J connectivity index is 1.83. The highest BCUT2D eigenvalue weighted by Gasteiger charge is 2.25. The number of aromatic nitrogens is 2. The largest absolute Gasteiger partial charge is 0.466 e. The smallest absolute Gasteiger partial charge is 0.255 e. The van der Waals surface area contributed by atoms with E-state index in [1.165, 1.54) is 0 Å². The first-order valence-corrected chi connectivity index (χ1v) is 7.25. The van der Waals surface area contributed by atoms with Crippen molar-refractivity contribution in [1.82, 2.24) is 15.3 Å². The summed E-state index contributed by atoms with van der Waals surface area (Å²) in [5.74, 6) is 2.09. The van der Waals surface area contributed by atoms with Gasteiger partial charge in [0, 0.05) is 17.5 Å². The Morgan fingerprint density at radius 2 is 2.19 bits per heavy atom. The molecule has 3 rings (SSSR count). The highest BCUT2D eigenvalue weighted by Crippen LogP contribution is 2.28. The molecule has 0 saturated carbocycles. The third kappa shape index (κ3) is 2.68. The van der Waals surface area contributed by atoms with Crippen LogP contribution in [0.15, 0.2) is 16.7 Å². The molecule has 1 aliphatic carbocycles. The number of aryl methyl sites for hydroxylation is 4. The summed E-state index contributed by atoms with van der Waals surface area (Å²) in [7, 11) is 0. The van der Waals surface area contributed by atoms with Crippen LogP contribution in [0.25, 0.3) is 0 Å². The molecular weight excluding hydrogens is 266 g/mol. The number of carbonyl (C=O) groups excluding carboxylic acids is 1. The zero-order valence-corrected chi connectivity index (χ0v) is 12.6. The third-order valence-electron chi connectivity index (χ3n) is 3.89. The predicted octanol–water partition coefficient (Wildman–Crippen LogP) is 2.80. The first-order chi connectivity index (χ1) is 10.0. The van der Waals surface area contributed by atoms with E-state index in [-0.39, 0.29) is 11.9 Å². The zero-order valence-electron chi connectivity index (χ0n) is 12.6. The maximum absolute atomic E-state index is 12.4. The molecule has 110 valence electrons. The van der Waals surface area contributed by atoms with E-state index in [0.29, 0.717) is 11.3 Å². The summed E-state index contributed by atoms with van der Waals surface area (Å²) in [5.41, 5.74) is 2.70. The van der Waals surface area contributed by atoms with E-state index < -0.39 is 0 Å². The van der Waals surface area contributed by atoms with Gasteiger partial charge in [-0.05, 0) is 46.1 Å². The molecule has 1 N–H and O–H groups in total. The first-order valence-electron chi connectivity index (χ1n) is 7.25. The van der Waals surface area contributed by atoms with Crippen molar-refractivity contribution in [1.29, 1.82) is 0 Å². The topological polar surface area (TPSA) is 68.0 Å². The molecule has 0 unspecified atom stereocenters. The molecule has 2 aromatic heterocycles. The Hall–Kier alpha value is -2.17. The predicted molar refractivity (Wildman–Crippen MR) is 78.1 cm³/mol. The zero-order chi connectivity index (χ0) is 15.0. The van der Waals surface area contributed by atoms with Crippen LogP contribution in [0.3, 0.4) is 0 Å². The van der Waals surface area contributed by atoms with Gasteiger partial charge in [0.15, 0.2) is 0 Å². The van der Waals surface area contributed by atoms with Crippen LogP contribution in [0.2, 0.25) is 0 Å². The maximum Gasteiger partial charge on any atom is 0.255 e.